The fraction of sp³-hybridized carbons (Fsp3) is 0.308. The Hall–Kier alpha value is -1.41. The summed E-state index contributed by atoms with van der Waals surface area (Å²) < 4.78 is 0. The molecule has 2 N–H and O–H groups in total. The quantitative estimate of drug-likeness (QED) is 0.752. The van der Waals surface area contributed by atoms with Crippen molar-refractivity contribution in [2.24, 2.45) is 10.7 Å². The first-order chi connectivity index (χ1) is 7.17. The number of aryl methyl sites for hydroxylation is 1. The van der Waals surface area contributed by atoms with E-state index in [1.54, 1.807) is 0 Å². The van der Waals surface area contributed by atoms with E-state index in [0.29, 0.717) is 6.54 Å². The standard InChI is InChI=1S/C13H18N2/c1-4-12(9-14)11(3)15-13-7-5-6-10(2)8-13/h4-8H,9,14H2,1-3H3/b12-4-,15-11?. The maximum absolute atomic E-state index is 5.62. The van der Waals surface area contributed by atoms with E-state index in [2.05, 4.69) is 24.0 Å². The summed E-state index contributed by atoms with van der Waals surface area (Å²) in [5.74, 6) is 0. The molecule has 0 aliphatic rings. The van der Waals surface area contributed by atoms with Crippen LogP contribution in [0.5, 0.6) is 0 Å². The summed E-state index contributed by atoms with van der Waals surface area (Å²) in [5.41, 5.74) is 9.91. The van der Waals surface area contributed by atoms with Crippen LogP contribution in [-0.4, -0.2) is 12.3 Å². The lowest BCUT2D eigenvalue weighted by atomic mass is 10.1. The normalized spacial score (nSPS) is 13.1. The summed E-state index contributed by atoms with van der Waals surface area (Å²) in [6.45, 7) is 6.58. The van der Waals surface area contributed by atoms with Crippen LogP contribution in [0.4, 0.5) is 5.69 Å². The van der Waals surface area contributed by atoms with Gasteiger partial charge in [0.25, 0.3) is 0 Å². The van der Waals surface area contributed by atoms with Gasteiger partial charge in [0.2, 0.25) is 0 Å². The Morgan fingerprint density at radius 2 is 2.20 bits per heavy atom. The largest absolute Gasteiger partial charge is 0.326 e. The van der Waals surface area contributed by atoms with Gasteiger partial charge in [0.05, 0.1) is 5.69 Å². The summed E-state index contributed by atoms with van der Waals surface area (Å²) >= 11 is 0. The average molecular weight is 202 g/mol. The van der Waals surface area contributed by atoms with Gasteiger partial charge in [0.15, 0.2) is 0 Å². The van der Waals surface area contributed by atoms with Gasteiger partial charge in [0.1, 0.15) is 0 Å². The van der Waals surface area contributed by atoms with Crippen molar-refractivity contribution in [3.8, 4) is 0 Å². The van der Waals surface area contributed by atoms with Crippen LogP contribution in [0.1, 0.15) is 19.4 Å². The van der Waals surface area contributed by atoms with Crippen LogP contribution in [0.15, 0.2) is 40.9 Å². The average Bonchev–Trinajstić information content (AvgIpc) is 2.19. The first-order valence-electron chi connectivity index (χ1n) is 5.15. The zero-order valence-corrected chi connectivity index (χ0v) is 9.62. The van der Waals surface area contributed by atoms with Gasteiger partial charge in [-0.25, -0.2) is 0 Å². The summed E-state index contributed by atoms with van der Waals surface area (Å²) in [6, 6.07) is 8.14. The highest BCUT2D eigenvalue weighted by Crippen LogP contribution is 2.15. The number of allylic oxidation sites excluding steroid dienone is 1. The molecular weight excluding hydrogens is 184 g/mol. The zero-order chi connectivity index (χ0) is 11.3. The third-order valence-electron chi connectivity index (χ3n) is 2.33. The van der Waals surface area contributed by atoms with Crippen molar-refractivity contribution < 1.29 is 0 Å². The second-order valence-corrected chi connectivity index (χ2v) is 3.55. The number of rotatable bonds is 3. The number of nitrogens with zero attached hydrogens (tertiary/aromatic N) is 1. The first-order valence-corrected chi connectivity index (χ1v) is 5.15. The number of nitrogens with two attached hydrogens (primary N) is 1. The van der Waals surface area contributed by atoms with Crippen LogP contribution in [-0.2, 0) is 0 Å². The van der Waals surface area contributed by atoms with Gasteiger partial charge >= 0.3 is 0 Å². The summed E-state index contributed by atoms with van der Waals surface area (Å²) in [4.78, 5) is 4.53. The molecule has 0 aliphatic heterocycles. The van der Waals surface area contributed by atoms with E-state index in [9.17, 15) is 0 Å². The van der Waals surface area contributed by atoms with E-state index < -0.39 is 0 Å². The van der Waals surface area contributed by atoms with E-state index in [1.165, 1.54) is 5.56 Å². The molecule has 0 saturated heterocycles. The van der Waals surface area contributed by atoms with Crippen LogP contribution < -0.4 is 5.73 Å². The van der Waals surface area contributed by atoms with E-state index >= 15 is 0 Å². The van der Waals surface area contributed by atoms with Gasteiger partial charge < -0.3 is 5.73 Å². The van der Waals surface area contributed by atoms with Crippen LogP contribution in [0.3, 0.4) is 0 Å². The third-order valence-corrected chi connectivity index (χ3v) is 2.33. The molecule has 0 fully saturated rings. The Morgan fingerprint density at radius 1 is 1.47 bits per heavy atom. The minimum absolute atomic E-state index is 0.539. The monoisotopic (exact) mass is 202 g/mol. The molecule has 0 bridgehead atoms. The van der Waals surface area contributed by atoms with Gasteiger partial charge in [-0.05, 0) is 44.0 Å². The molecule has 15 heavy (non-hydrogen) atoms. The van der Waals surface area contributed by atoms with Crippen LogP contribution >= 0.6 is 0 Å². The van der Waals surface area contributed by atoms with E-state index in [1.807, 2.05) is 32.1 Å². The maximum atomic E-state index is 5.62. The minimum atomic E-state index is 0.539. The lowest BCUT2D eigenvalue weighted by molar-refractivity contribution is 1.19. The highest BCUT2D eigenvalue weighted by atomic mass is 14.7. The lowest BCUT2D eigenvalue weighted by Crippen LogP contribution is -2.09. The number of benzene rings is 1. The molecule has 0 saturated carbocycles. The van der Waals surface area contributed by atoms with Crippen LogP contribution in [0.2, 0.25) is 0 Å². The lowest BCUT2D eigenvalue weighted by Gasteiger charge is -2.03. The van der Waals surface area contributed by atoms with Crippen LogP contribution in [0.25, 0.3) is 0 Å². The smallest absolute Gasteiger partial charge is 0.0635 e. The predicted molar refractivity (Wildman–Crippen MR) is 66.8 cm³/mol. The van der Waals surface area contributed by atoms with Crippen molar-refractivity contribution in [2.75, 3.05) is 6.54 Å². The zero-order valence-electron chi connectivity index (χ0n) is 9.62. The number of aliphatic imine (C=N–C) groups is 1. The van der Waals surface area contributed by atoms with Crippen molar-refractivity contribution >= 4 is 11.4 Å². The molecule has 0 unspecified atom stereocenters. The number of hydrogen-bond acceptors (Lipinski definition) is 2. The third kappa shape index (κ3) is 3.33. The summed E-state index contributed by atoms with van der Waals surface area (Å²) in [5, 5.41) is 0. The molecular formula is C13H18N2. The fourth-order valence-electron chi connectivity index (χ4n) is 1.44. The predicted octanol–water partition coefficient (Wildman–Crippen LogP) is 2.99. The Morgan fingerprint density at radius 3 is 2.73 bits per heavy atom. The Balaban J connectivity index is 2.97. The maximum Gasteiger partial charge on any atom is 0.0635 e. The van der Waals surface area contributed by atoms with Gasteiger partial charge in [-0.3, -0.25) is 4.99 Å². The molecule has 0 atom stereocenters. The SMILES string of the molecule is C/C=C(/CN)C(C)=Nc1cccc(C)c1. The number of hydrogen-bond donors (Lipinski definition) is 1. The second kappa shape index (κ2) is 5.47. The Bertz CT molecular complexity index is 389. The van der Waals surface area contributed by atoms with Crippen molar-refractivity contribution in [3.05, 3.63) is 41.5 Å². The highest BCUT2D eigenvalue weighted by Gasteiger charge is 1.98. The van der Waals surface area contributed by atoms with Gasteiger partial charge in [-0.1, -0.05) is 18.2 Å². The Kier molecular flexibility index (Phi) is 4.25. The van der Waals surface area contributed by atoms with Gasteiger partial charge in [0, 0.05) is 12.3 Å². The van der Waals surface area contributed by atoms with E-state index in [0.717, 1.165) is 17.0 Å². The van der Waals surface area contributed by atoms with Gasteiger partial charge in [-0.15, -0.1) is 0 Å². The summed E-state index contributed by atoms with van der Waals surface area (Å²) in [7, 11) is 0. The molecule has 2 nitrogen and oxygen atoms in total. The van der Waals surface area contributed by atoms with E-state index in [4.69, 9.17) is 5.73 Å². The van der Waals surface area contributed by atoms with Crippen molar-refractivity contribution in [2.45, 2.75) is 20.8 Å². The van der Waals surface area contributed by atoms with Crippen LogP contribution in [0, 0.1) is 6.92 Å². The second-order valence-electron chi connectivity index (χ2n) is 3.55. The van der Waals surface area contributed by atoms with Crippen molar-refractivity contribution in [1.82, 2.24) is 0 Å². The molecule has 0 spiro atoms. The molecule has 0 heterocycles. The molecule has 0 amide bonds. The van der Waals surface area contributed by atoms with Gasteiger partial charge in [-0.2, -0.15) is 0 Å². The molecule has 1 aromatic carbocycles. The highest BCUT2D eigenvalue weighted by molar-refractivity contribution is 6.00. The van der Waals surface area contributed by atoms with E-state index in [-0.39, 0.29) is 0 Å². The summed E-state index contributed by atoms with van der Waals surface area (Å²) in [6.07, 6.45) is 2.01. The topological polar surface area (TPSA) is 38.4 Å². The molecule has 1 aromatic rings. The molecule has 2 heteroatoms. The van der Waals surface area contributed by atoms with Crippen molar-refractivity contribution in [1.29, 1.82) is 0 Å². The molecule has 1 rings (SSSR count). The first kappa shape index (κ1) is 11.7. The molecule has 80 valence electrons. The van der Waals surface area contributed by atoms with Crippen molar-refractivity contribution in [3.63, 3.8) is 0 Å². The molecule has 0 radical (unpaired) electrons. The Labute approximate surface area is 91.5 Å². The molecule has 0 aliphatic carbocycles. The molecule has 0 aromatic heterocycles. The fourth-order valence-corrected chi connectivity index (χ4v) is 1.44. The minimum Gasteiger partial charge on any atom is -0.326 e.